The predicted octanol–water partition coefficient (Wildman–Crippen LogP) is 2.70. The lowest BCUT2D eigenvalue weighted by molar-refractivity contribution is 0.511. The lowest BCUT2D eigenvalue weighted by Crippen LogP contribution is -2.18. The van der Waals surface area contributed by atoms with Crippen molar-refractivity contribution in [3.8, 4) is 0 Å². The smallest absolute Gasteiger partial charge is 0.129 e. The Kier molecular flexibility index (Phi) is 3.28. The molecule has 0 spiro atoms. The molecule has 0 bridgehead atoms. The van der Waals surface area contributed by atoms with E-state index < -0.39 is 0 Å². The number of pyridine rings is 1. The van der Waals surface area contributed by atoms with Gasteiger partial charge in [0.05, 0.1) is 0 Å². The summed E-state index contributed by atoms with van der Waals surface area (Å²) in [5.74, 6) is 0.418. The highest BCUT2D eigenvalue weighted by atomic mass is 35.5. The topological polar surface area (TPSA) is 38.9 Å². The second kappa shape index (κ2) is 4.07. The van der Waals surface area contributed by atoms with E-state index in [2.05, 4.69) is 18.8 Å². The number of aryl methyl sites for hydroxylation is 1. The van der Waals surface area contributed by atoms with E-state index in [-0.39, 0.29) is 6.04 Å². The highest BCUT2D eigenvalue weighted by molar-refractivity contribution is 6.29. The number of aromatic nitrogens is 1. The minimum atomic E-state index is 0.0461. The number of rotatable bonds is 2. The van der Waals surface area contributed by atoms with Crippen LogP contribution in [0.5, 0.6) is 0 Å². The largest absolute Gasteiger partial charge is 0.324 e. The molecule has 0 fully saturated rings. The minimum Gasteiger partial charge on any atom is -0.324 e. The van der Waals surface area contributed by atoms with Gasteiger partial charge in [-0.25, -0.2) is 4.98 Å². The molecule has 0 saturated heterocycles. The van der Waals surface area contributed by atoms with E-state index >= 15 is 0 Å². The lowest BCUT2D eigenvalue weighted by Gasteiger charge is -2.17. The quantitative estimate of drug-likeness (QED) is 0.743. The second-order valence-electron chi connectivity index (χ2n) is 3.63. The molecule has 2 nitrogen and oxygen atoms in total. The predicted molar refractivity (Wildman–Crippen MR) is 55.8 cm³/mol. The summed E-state index contributed by atoms with van der Waals surface area (Å²) in [6.07, 6.45) is 1.77. The molecule has 0 aliphatic heterocycles. The van der Waals surface area contributed by atoms with Crippen molar-refractivity contribution in [3.05, 3.63) is 28.5 Å². The molecule has 2 N–H and O–H groups in total. The summed E-state index contributed by atoms with van der Waals surface area (Å²) in [5.41, 5.74) is 8.20. The van der Waals surface area contributed by atoms with Crippen molar-refractivity contribution in [1.29, 1.82) is 0 Å². The van der Waals surface area contributed by atoms with E-state index in [1.807, 2.05) is 13.0 Å². The van der Waals surface area contributed by atoms with Crippen LogP contribution in [0.2, 0.25) is 5.15 Å². The van der Waals surface area contributed by atoms with Crippen LogP contribution in [-0.4, -0.2) is 4.98 Å². The molecule has 0 amide bonds. The Morgan fingerprint density at radius 1 is 1.46 bits per heavy atom. The molecule has 0 aromatic carbocycles. The second-order valence-corrected chi connectivity index (χ2v) is 4.02. The lowest BCUT2D eigenvalue weighted by atomic mass is 9.95. The summed E-state index contributed by atoms with van der Waals surface area (Å²) in [6.45, 7) is 6.20. The molecule has 0 saturated carbocycles. The zero-order valence-corrected chi connectivity index (χ0v) is 8.97. The standard InChI is InChI=1S/C10H15ClN2/c1-6(2)10(12)8-5-13-9(11)4-7(8)3/h4-6,10H,12H2,1-3H3/t10-/m0/s1. The van der Waals surface area contributed by atoms with Gasteiger partial charge in [0.15, 0.2) is 0 Å². The van der Waals surface area contributed by atoms with Crippen molar-refractivity contribution in [3.63, 3.8) is 0 Å². The first-order valence-corrected chi connectivity index (χ1v) is 4.77. The van der Waals surface area contributed by atoms with Crippen molar-refractivity contribution in [2.45, 2.75) is 26.8 Å². The first kappa shape index (κ1) is 10.5. The minimum absolute atomic E-state index is 0.0461. The number of nitrogens with zero attached hydrogens (tertiary/aromatic N) is 1. The molecule has 0 unspecified atom stereocenters. The van der Waals surface area contributed by atoms with Gasteiger partial charge in [-0.05, 0) is 30.0 Å². The summed E-state index contributed by atoms with van der Waals surface area (Å²) in [4.78, 5) is 4.03. The van der Waals surface area contributed by atoms with Crippen molar-refractivity contribution >= 4 is 11.6 Å². The van der Waals surface area contributed by atoms with Crippen LogP contribution < -0.4 is 5.73 Å². The van der Waals surface area contributed by atoms with Crippen molar-refractivity contribution in [2.75, 3.05) is 0 Å². The Labute approximate surface area is 84.1 Å². The first-order chi connectivity index (χ1) is 6.02. The molecule has 1 heterocycles. The summed E-state index contributed by atoms with van der Waals surface area (Å²) in [7, 11) is 0. The van der Waals surface area contributed by atoms with Gasteiger partial charge in [-0.15, -0.1) is 0 Å². The maximum absolute atomic E-state index is 6.01. The van der Waals surface area contributed by atoms with Gasteiger partial charge in [0, 0.05) is 12.2 Å². The van der Waals surface area contributed by atoms with E-state index in [4.69, 9.17) is 17.3 Å². The van der Waals surface area contributed by atoms with E-state index in [0.717, 1.165) is 11.1 Å². The molecule has 1 aromatic heterocycles. The first-order valence-electron chi connectivity index (χ1n) is 4.40. The molecule has 1 atom stereocenters. The fraction of sp³-hybridized carbons (Fsp3) is 0.500. The van der Waals surface area contributed by atoms with Gasteiger partial charge in [-0.3, -0.25) is 0 Å². The van der Waals surface area contributed by atoms with Gasteiger partial charge in [0.2, 0.25) is 0 Å². The molecular weight excluding hydrogens is 184 g/mol. The third kappa shape index (κ3) is 2.42. The fourth-order valence-corrected chi connectivity index (χ4v) is 1.45. The van der Waals surface area contributed by atoms with Crippen LogP contribution in [0.1, 0.15) is 31.0 Å². The number of nitrogens with two attached hydrogens (primary N) is 1. The molecule has 0 radical (unpaired) electrons. The van der Waals surface area contributed by atoms with E-state index in [9.17, 15) is 0 Å². The van der Waals surface area contributed by atoms with Crippen LogP contribution >= 0.6 is 11.6 Å². The Balaban J connectivity index is 3.01. The van der Waals surface area contributed by atoms with Gasteiger partial charge in [0.1, 0.15) is 5.15 Å². The Morgan fingerprint density at radius 3 is 2.54 bits per heavy atom. The normalized spacial score (nSPS) is 13.4. The van der Waals surface area contributed by atoms with Crippen LogP contribution in [0.15, 0.2) is 12.3 Å². The molecule has 1 aromatic rings. The van der Waals surface area contributed by atoms with Crippen LogP contribution in [0, 0.1) is 12.8 Å². The number of halogens is 1. The van der Waals surface area contributed by atoms with Crippen LogP contribution in [0.4, 0.5) is 0 Å². The number of hydrogen-bond donors (Lipinski definition) is 1. The highest BCUT2D eigenvalue weighted by Crippen LogP contribution is 2.22. The van der Waals surface area contributed by atoms with E-state index in [1.54, 1.807) is 6.20 Å². The van der Waals surface area contributed by atoms with Gasteiger partial charge in [-0.1, -0.05) is 25.4 Å². The van der Waals surface area contributed by atoms with E-state index in [1.165, 1.54) is 0 Å². The SMILES string of the molecule is Cc1cc(Cl)ncc1[C@@H](N)C(C)C. The molecular formula is C10H15ClN2. The van der Waals surface area contributed by atoms with Gasteiger partial charge >= 0.3 is 0 Å². The average Bonchev–Trinajstić information content (AvgIpc) is 2.03. The van der Waals surface area contributed by atoms with Gasteiger partial charge < -0.3 is 5.73 Å². The Morgan fingerprint density at radius 2 is 2.08 bits per heavy atom. The van der Waals surface area contributed by atoms with Gasteiger partial charge in [-0.2, -0.15) is 0 Å². The van der Waals surface area contributed by atoms with Crippen molar-refractivity contribution in [2.24, 2.45) is 11.7 Å². The van der Waals surface area contributed by atoms with Crippen molar-refractivity contribution < 1.29 is 0 Å². The van der Waals surface area contributed by atoms with Gasteiger partial charge in [0.25, 0.3) is 0 Å². The average molecular weight is 199 g/mol. The number of hydrogen-bond acceptors (Lipinski definition) is 2. The summed E-state index contributed by atoms with van der Waals surface area (Å²) in [5, 5.41) is 0.525. The van der Waals surface area contributed by atoms with E-state index in [0.29, 0.717) is 11.1 Å². The summed E-state index contributed by atoms with van der Waals surface area (Å²) in [6, 6.07) is 1.89. The molecule has 0 aliphatic carbocycles. The molecule has 3 heteroatoms. The molecule has 0 aliphatic rings. The molecule has 13 heavy (non-hydrogen) atoms. The third-order valence-corrected chi connectivity index (χ3v) is 2.40. The third-order valence-electron chi connectivity index (χ3n) is 2.20. The van der Waals surface area contributed by atoms with Crippen LogP contribution in [0.25, 0.3) is 0 Å². The molecule has 1 rings (SSSR count). The Bertz CT molecular complexity index is 297. The monoisotopic (exact) mass is 198 g/mol. The zero-order valence-electron chi connectivity index (χ0n) is 8.21. The maximum Gasteiger partial charge on any atom is 0.129 e. The maximum atomic E-state index is 6.01. The Hall–Kier alpha value is -0.600. The summed E-state index contributed by atoms with van der Waals surface area (Å²) >= 11 is 5.75. The fourth-order valence-electron chi connectivity index (χ4n) is 1.24. The van der Waals surface area contributed by atoms with Crippen molar-refractivity contribution in [1.82, 2.24) is 4.98 Å². The summed E-state index contributed by atoms with van der Waals surface area (Å²) < 4.78 is 0. The zero-order chi connectivity index (χ0) is 10.0. The highest BCUT2D eigenvalue weighted by Gasteiger charge is 2.13. The van der Waals surface area contributed by atoms with Crippen LogP contribution in [0.3, 0.4) is 0 Å². The molecule has 72 valence electrons. The van der Waals surface area contributed by atoms with Crippen LogP contribution in [-0.2, 0) is 0 Å².